The van der Waals surface area contributed by atoms with Gasteiger partial charge in [0.2, 0.25) is 6.79 Å². The standard InChI is InChI=1S/C23H27N3O4/c1-2-3-4-5-6-7-23(27)28-13-12-17-8-10-19-20(14-17)25-26(24-19)18-9-11-21-22(15-18)30-16-29-21/h8-11,14-15H,2-7,12-13,16H2,1H3. The van der Waals surface area contributed by atoms with Gasteiger partial charge >= 0.3 is 5.97 Å². The molecule has 0 atom stereocenters. The fourth-order valence-electron chi connectivity index (χ4n) is 3.47. The predicted octanol–water partition coefficient (Wildman–Crippen LogP) is 4.60. The largest absolute Gasteiger partial charge is 0.465 e. The molecule has 0 N–H and O–H groups in total. The van der Waals surface area contributed by atoms with Gasteiger partial charge in [-0.2, -0.15) is 4.80 Å². The lowest BCUT2D eigenvalue weighted by molar-refractivity contribution is -0.143. The van der Waals surface area contributed by atoms with Gasteiger partial charge in [-0.05, 0) is 36.2 Å². The Balaban J connectivity index is 1.31. The van der Waals surface area contributed by atoms with Crippen molar-refractivity contribution in [2.24, 2.45) is 0 Å². The molecule has 158 valence electrons. The molecule has 0 aliphatic carbocycles. The average Bonchev–Trinajstić information content (AvgIpc) is 3.39. The summed E-state index contributed by atoms with van der Waals surface area (Å²) in [4.78, 5) is 13.4. The van der Waals surface area contributed by atoms with Gasteiger partial charge in [0.25, 0.3) is 0 Å². The number of carbonyl (C=O) groups is 1. The van der Waals surface area contributed by atoms with Gasteiger partial charge in [0.05, 0.1) is 12.3 Å². The number of esters is 1. The van der Waals surface area contributed by atoms with E-state index in [1.54, 1.807) is 4.80 Å². The Morgan fingerprint density at radius 2 is 1.83 bits per heavy atom. The summed E-state index contributed by atoms with van der Waals surface area (Å²) in [7, 11) is 0. The maximum atomic E-state index is 11.9. The van der Waals surface area contributed by atoms with E-state index in [0.717, 1.165) is 40.9 Å². The Bertz CT molecular complexity index is 1010. The van der Waals surface area contributed by atoms with Crippen molar-refractivity contribution in [1.29, 1.82) is 0 Å². The third-order valence-electron chi connectivity index (χ3n) is 5.17. The first kappa shape index (κ1) is 20.2. The lowest BCUT2D eigenvalue weighted by Gasteiger charge is -2.05. The van der Waals surface area contributed by atoms with Crippen molar-refractivity contribution < 1.29 is 19.0 Å². The molecule has 30 heavy (non-hydrogen) atoms. The van der Waals surface area contributed by atoms with Crippen LogP contribution in [0, 0.1) is 0 Å². The summed E-state index contributed by atoms with van der Waals surface area (Å²) in [5.74, 6) is 1.32. The molecule has 0 amide bonds. The van der Waals surface area contributed by atoms with Crippen LogP contribution in [0.25, 0.3) is 16.7 Å². The first-order chi connectivity index (χ1) is 14.7. The van der Waals surface area contributed by atoms with Crippen LogP contribution in [0.5, 0.6) is 11.5 Å². The number of benzene rings is 2. The van der Waals surface area contributed by atoms with Gasteiger partial charge in [0, 0.05) is 18.9 Å². The molecular weight excluding hydrogens is 382 g/mol. The quantitative estimate of drug-likeness (QED) is 0.360. The molecule has 0 spiro atoms. The molecule has 1 aromatic heterocycles. The van der Waals surface area contributed by atoms with Crippen LogP contribution in [-0.2, 0) is 16.0 Å². The van der Waals surface area contributed by atoms with Crippen molar-refractivity contribution in [2.45, 2.75) is 51.9 Å². The molecule has 7 heteroatoms. The number of aromatic nitrogens is 3. The molecule has 0 fully saturated rings. The smallest absolute Gasteiger partial charge is 0.305 e. The Labute approximate surface area is 175 Å². The normalized spacial score (nSPS) is 12.4. The third-order valence-corrected chi connectivity index (χ3v) is 5.17. The first-order valence-electron chi connectivity index (χ1n) is 10.6. The lowest BCUT2D eigenvalue weighted by atomic mass is 10.1. The maximum Gasteiger partial charge on any atom is 0.305 e. The van der Waals surface area contributed by atoms with Crippen LogP contribution in [0.15, 0.2) is 36.4 Å². The number of ether oxygens (including phenoxy) is 3. The highest BCUT2D eigenvalue weighted by atomic mass is 16.7. The van der Waals surface area contributed by atoms with Crippen molar-refractivity contribution in [1.82, 2.24) is 15.0 Å². The van der Waals surface area contributed by atoms with Gasteiger partial charge in [-0.15, -0.1) is 10.2 Å². The Hall–Kier alpha value is -3.09. The van der Waals surface area contributed by atoms with Crippen LogP contribution in [0.2, 0.25) is 0 Å². The zero-order valence-electron chi connectivity index (χ0n) is 17.3. The van der Waals surface area contributed by atoms with Crippen LogP contribution >= 0.6 is 0 Å². The SMILES string of the molecule is CCCCCCCC(=O)OCCc1ccc2nn(-c3ccc4c(c3)OCO4)nc2c1. The lowest BCUT2D eigenvalue weighted by Crippen LogP contribution is -2.07. The van der Waals surface area contributed by atoms with Crippen molar-refractivity contribution in [3.8, 4) is 17.2 Å². The number of nitrogens with zero attached hydrogens (tertiary/aromatic N) is 3. The molecular formula is C23H27N3O4. The van der Waals surface area contributed by atoms with E-state index >= 15 is 0 Å². The molecule has 0 radical (unpaired) electrons. The van der Waals surface area contributed by atoms with Crippen LogP contribution in [0.4, 0.5) is 0 Å². The fourth-order valence-corrected chi connectivity index (χ4v) is 3.47. The van der Waals surface area contributed by atoms with Crippen molar-refractivity contribution >= 4 is 17.0 Å². The number of unbranched alkanes of at least 4 members (excludes halogenated alkanes) is 4. The summed E-state index contributed by atoms with van der Waals surface area (Å²) in [6.45, 7) is 2.80. The highest BCUT2D eigenvalue weighted by Gasteiger charge is 2.15. The second-order valence-electron chi connectivity index (χ2n) is 7.48. The minimum Gasteiger partial charge on any atom is -0.465 e. The summed E-state index contributed by atoms with van der Waals surface area (Å²) in [6.07, 6.45) is 6.81. The van der Waals surface area contributed by atoms with Gasteiger partial charge in [-0.1, -0.05) is 38.7 Å². The number of rotatable bonds is 10. The molecule has 0 saturated carbocycles. The molecule has 3 aromatic rings. The highest BCUT2D eigenvalue weighted by Crippen LogP contribution is 2.33. The van der Waals surface area contributed by atoms with E-state index in [2.05, 4.69) is 17.1 Å². The van der Waals surface area contributed by atoms with E-state index in [1.807, 2.05) is 36.4 Å². The zero-order chi connectivity index (χ0) is 20.8. The second kappa shape index (κ2) is 9.61. The molecule has 7 nitrogen and oxygen atoms in total. The van der Waals surface area contributed by atoms with Crippen molar-refractivity contribution in [3.63, 3.8) is 0 Å². The van der Waals surface area contributed by atoms with Crippen molar-refractivity contribution in [2.75, 3.05) is 13.4 Å². The predicted molar refractivity (Wildman–Crippen MR) is 113 cm³/mol. The van der Waals surface area contributed by atoms with Crippen LogP contribution in [0.3, 0.4) is 0 Å². The Kier molecular flexibility index (Phi) is 6.47. The van der Waals surface area contributed by atoms with Gasteiger partial charge in [0.1, 0.15) is 11.0 Å². The number of hydrogen-bond acceptors (Lipinski definition) is 6. The van der Waals surface area contributed by atoms with E-state index in [0.29, 0.717) is 25.2 Å². The second-order valence-corrected chi connectivity index (χ2v) is 7.48. The van der Waals surface area contributed by atoms with Gasteiger partial charge < -0.3 is 14.2 Å². The first-order valence-corrected chi connectivity index (χ1v) is 10.6. The zero-order valence-corrected chi connectivity index (χ0v) is 17.3. The average molecular weight is 409 g/mol. The fraction of sp³-hybridized carbons (Fsp3) is 0.435. The van der Waals surface area contributed by atoms with Gasteiger partial charge in [-0.3, -0.25) is 4.79 Å². The molecule has 1 aliphatic heterocycles. The van der Waals surface area contributed by atoms with E-state index in [-0.39, 0.29) is 12.8 Å². The summed E-state index contributed by atoms with van der Waals surface area (Å²) < 4.78 is 16.1. The maximum absolute atomic E-state index is 11.9. The summed E-state index contributed by atoms with van der Waals surface area (Å²) in [6, 6.07) is 11.6. The highest BCUT2D eigenvalue weighted by molar-refractivity contribution is 5.75. The molecule has 2 aromatic carbocycles. The van der Waals surface area contributed by atoms with Gasteiger partial charge in [-0.25, -0.2) is 0 Å². The van der Waals surface area contributed by atoms with Crippen LogP contribution in [0.1, 0.15) is 51.0 Å². The molecule has 0 saturated heterocycles. The minimum absolute atomic E-state index is 0.110. The van der Waals surface area contributed by atoms with E-state index in [4.69, 9.17) is 14.2 Å². The summed E-state index contributed by atoms with van der Waals surface area (Å²) in [5.41, 5.74) is 3.48. The number of fused-ring (bicyclic) bond motifs is 2. The minimum atomic E-state index is -0.110. The Morgan fingerprint density at radius 3 is 2.73 bits per heavy atom. The summed E-state index contributed by atoms with van der Waals surface area (Å²) in [5, 5.41) is 9.12. The molecule has 0 unspecified atom stereocenters. The van der Waals surface area contributed by atoms with Crippen molar-refractivity contribution in [3.05, 3.63) is 42.0 Å². The van der Waals surface area contributed by atoms with Gasteiger partial charge in [0.15, 0.2) is 11.5 Å². The number of hydrogen-bond donors (Lipinski definition) is 0. The van der Waals surface area contributed by atoms with E-state index in [9.17, 15) is 4.79 Å². The van der Waals surface area contributed by atoms with E-state index < -0.39 is 0 Å². The molecule has 4 rings (SSSR count). The van der Waals surface area contributed by atoms with Crippen LogP contribution < -0.4 is 9.47 Å². The number of carbonyl (C=O) groups excluding carboxylic acids is 1. The summed E-state index contributed by atoms with van der Waals surface area (Å²) >= 11 is 0. The molecule has 0 bridgehead atoms. The van der Waals surface area contributed by atoms with E-state index in [1.165, 1.54) is 19.3 Å². The monoisotopic (exact) mass is 409 g/mol. The topological polar surface area (TPSA) is 75.5 Å². The third kappa shape index (κ3) is 4.90. The van der Waals surface area contributed by atoms with Crippen LogP contribution in [-0.4, -0.2) is 34.4 Å². The Morgan fingerprint density at radius 1 is 1.00 bits per heavy atom. The molecule has 1 aliphatic rings. The molecule has 2 heterocycles.